The van der Waals surface area contributed by atoms with Gasteiger partial charge in [-0.25, -0.2) is 8.42 Å². The molecule has 3 N–H and O–H groups in total. The Morgan fingerprint density at radius 1 is 1.16 bits per heavy atom. The van der Waals surface area contributed by atoms with E-state index in [0.29, 0.717) is 0 Å². The summed E-state index contributed by atoms with van der Waals surface area (Å²) in [5.41, 5.74) is 6.60. The Morgan fingerprint density at radius 3 is 2.50 bits per heavy atom. The summed E-state index contributed by atoms with van der Waals surface area (Å²) in [5, 5.41) is 2.38. The molecule has 2 aromatic rings. The molecule has 0 saturated heterocycles. The molecule has 7 nitrogen and oxygen atoms in total. The first-order chi connectivity index (χ1) is 15.0. The van der Waals surface area contributed by atoms with Gasteiger partial charge < -0.3 is 16.0 Å². The van der Waals surface area contributed by atoms with E-state index in [1.165, 1.54) is 23.1 Å². The molecule has 0 saturated carbocycles. The van der Waals surface area contributed by atoms with Crippen LogP contribution in [0.3, 0.4) is 0 Å². The maximum Gasteiger partial charge on any atom is 0.389 e. The van der Waals surface area contributed by atoms with Gasteiger partial charge in [-0.05, 0) is 30.2 Å². The van der Waals surface area contributed by atoms with Crippen LogP contribution >= 0.6 is 0 Å². The number of benzene rings is 2. The third-order valence-electron chi connectivity index (χ3n) is 4.94. The molecule has 1 heterocycles. The van der Waals surface area contributed by atoms with E-state index in [2.05, 4.69) is 5.32 Å². The number of alkyl halides is 3. The lowest BCUT2D eigenvalue weighted by molar-refractivity contribution is -0.135. The third-order valence-corrected chi connectivity index (χ3v) is 6.75. The highest BCUT2D eigenvalue weighted by atomic mass is 32.2. The van der Waals surface area contributed by atoms with Gasteiger partial charge in [0.15, 0.2) is 9.84 Å². The molecule has 0 aliphatic carbocycles. The largest absolute Gasteiger partial charge is 0.389 e. The number of rotatable bonds is 6. The van der Waals surface area contributed by atoms with Crippen molar-refractivity contribution in [1.29, 1.82) is 0 Å². The third kappa shape index (κ3) is 5.65. The number of sulfone groups is 1. The summed E-state index contributed by atoms with van der Waals surface area (Å²) in [5.74, 6) is -1.86. The molecule has 1 aliphatic rings. The second-order valence-electron chi connectivity index (χ2n) is 7.46. The molecule has 1 aliphatic heterocycles. The van der Waals surface area contributed by atoms with Gasteiger partial charge in [0.25, 0.3) is 5.91 Å². The Balaban J connectivity index is 1.92. The summed E-state index contributed by atoms with van der Waals surface area (Å²) in [6.45, 7) is -0.169. The lowest BCUT2D eigenvalue weighted by Crippen LogP contribution is -2.45. The van der Waals surface area contributed by atoms with Gasteiger partial charge >= 0.3 is 6.18 Å². The number of amides is 2. The monoisotopic (exact) mass is 469 g/mol. The van der Waals surface area contributed by atoms with Crippen molar-refractivity contribution in [3.63, 3.8) is 0 Å². The maximum absolute atomic E-state index is 12.9. The normalized spacial score (nSPS) is 18.1. The molecule has 0 aromatic heterocycles. The zero-order valence-corrected chi connectivity index (χ0v) is 17.7. The molecule has 0 unspecified atom stereocenters. The van der Waals surface area contributed by atoms with E-state index in [-0.39, 0.29) is 35.7 Å². The SMILES string of the molecule is N[C@H]1CS(=O)(=O)c2ccc(C(=O)NCCCC(F)(F)F)cc2N(Cc2ccccc2)C1=O. The van der Waals surface area contributed by atoms with Crippen molar-refractivity contribution >= 4 is 27.3 Å². The Labute approximate surface area is 183 Å². The topological polar surface area (TPSA) is 110 Å². The number of carbonyl (C=O) groups is 2. The number of fused-ring (bicyclic) bond motifs is 1. The summed E-state index contributed by atoms with van der Waals surface area (Å²) in [6.07, 6.45) is -5.64. The Morgan fingerprint density at radius 2 is 1.84 bits per heavy atom. The van der Waals surface area contributed by atoms with Gasteiger partial charge in [0, 0.05) is 18.5 Å². The first kappa shape index (κ1) is 23.7. The Bertz CT molecular complexity index is 1110. The molecule has 11 heteroatoms. The quantitative estimate of drug-likeness (QED) is 0.632. The summed E-state index contributed by atoms with van der Waals surface area (Å²) in [4.78, 5) is 26.4. The predicted octanol–water partition coefficient (Wildman–Crippen LogP) is 2.41. The van der Waals surface area contributed by atoms with E-state index < -0.39 is 46.0 Å². The van der Waals surface area contributed by atoms with Crippen LogP contribution in [0.5, 0.6) is 0 Å². The number of halogens is 3. The molecular formula is C21H22F3N3O4S. The number of hydrogen-bond donors (Lipinski definition) is 2. The average molecular weight is 469 g/mol. The van der Waals surface area contributed by atoms with E-state index in [1.54, 1.807) is 30.3 Å². The molecule has 2 aromatic carbocycles. The number of hydrogen-bond acceptors (Lipinski definition) is 5. The van der Waals surface area contributed by atoms with Crippen LogP contribution in [0.2, 0.25) is 0 Å². The van der Waals surface area contributed by atoms with Gasteiger partial charge in [-0.15, -0.1) is 0 Å². The van der Waals surface area contributed by atoms with E-state index >= 15 is 0 Å². The van der Waals surface area contributed by atoms with Crippen molar-refractivity contribution < 1.29 is 31.2 Å². The average Bonchev–Trinajstić information content (AvgIpc) is 2.79. The zero-order chi connectivity index (χ0) is 23.5. The molecule has 32 heavy (non-hydrogen) atoms. The number of nitrogens with zero attached hydrogens (tertiary/aromatic N) is 1. The van der Waals surface area contributed by atoms with Crippen LogP contribution in [0, 0.1) is 0 Å². The van der Waals surface area contributed by atoms with Crippen molar-refractivity contribution in [2.24, 2.45) is 5.73 Å². The van der Waals surface area contributed by atoms with Crippen LogP contribution in [0.4, 0.5) is 18.9 Å². The number of carbonyl (C=O) groups excluding carboxylic acids is 2. The van der Waals surface area contributed by atoms with Crippen molar-refractivity contribution in [1.82, 2.24) is 5.32 Å². The molecule has 0 bridgehead atoms. The van der Waals surface area contributed by atoms with E-state index in [1.807, 2.05) is 0 Å². The first-order valence-corrected chi connectivity index (χ1v) is 11.5. The fraction of sp³-hybridized carbons (Fsp3) is 0.333. The van der Waals surface area contributed by atoms with Gasteiger partial charge in [0.05, 0.1) is 28.9 Å². The van der Waals surface area contributed by atoms with Crippen molar-refractivity contribution in [2.45, 2.75) is 36.5 Å². The van der Waals surface area contributed by atoms with E-state index in [0.717, 1.165) is 5.56 Å². The summed E-state index contributed by atoms with van der Waals surface area (Å²) in [6, 6.07) is 11.3. The number of anilines is 1. The van der Waals surface area contributed by atoms with Gasteiger partial charge in [-0.2, -0.15) is 13.2 Å². The lowest BCUT2D eigenvalue weighted by Gasteiger charge is -2.24. The van der Waals surface area contributed by atoms with Crippen LogP contribution < -0.4 is 16.0 Å². The molecule has 2 amide bonds. The minimum Gasteiger partial charge on any atom is -0.352 e. The summed E-state index contributed by atoms with van der Waals surface area (Å²) >= 11 is 0. The Hall–Kier alpha value is -2.92. The van der Waals surface area contributed by atoms with Crippen LogP contribution in [0.25, 0.3) is 0 Å². The fourth-order valence-electron chi connectivity index (χ4n) is 3.37. The highest BCUT2D eigenvalue weighted by Gasteiger charge is 2.36. The van der Waals surface area contributed by atoms with Crippen LogP contribution in [0.1, 0.15) is 28.8 Å². The van der Waals surface area contributed by atoms with Gasteiger partial charge in [0.1, 0.15) is 0 Å². The van der Waals surface area contributed by atoms with Crippen molar-refractivity contribution in [2.75, 3.05) is 17.2 Å². The highest BCUT2D eigenvalue weighted by molar-refractivity contribution is 7.91. The molecule has 3 rings (SSSR count). The summed E-state index contributed by atoms with van der Waals surface area (Å²) in [7, 11) is -3.91. The van der Waals surface area contributed by atoms with Gasteiger partial charge in [-0.3, -0.25) is 9.59 Å². The predicted molar refractivity (Wildman–Crippen MR) is 112 cm³/mol. The molecule has 172 valence electrons. The molecule has 1 atom stereocenters. The molecule has 0 radical (unpaired) electrons. The van der Waals surface area contributed by atoms with Crippen molar-refractivity contribution in [3.8, 4) is 0 Å². The maximum atomic E-state index is 12.9. The Kier molecular flexibility index (Phi) is 6.89. The number of nitrogens with two attached hydrogens (primary N) is 1. The summed E-state index contributed by atoms with van der Waals surface area (Å²) < 4.78 is 62.4. The second kappa shape index (κ2) is 9.29. The first-order valence-electron chi connectivity index (χ1n) is 9.80. The van der Waals surface area contributed by atoms with Gasteiger partial charge in [-0.1, -0.05) is 30.3 Å². The molecule has 0 spiro atoms. The molecular weight excluding hydrogens is 447 g/mol. The lowest BCUT2D eigenvalue weighted by atomic mass is 10.1. The zero-order valence-electron chi connectivity index (χ0n) is 16.9. The molecule has 0 fully saturated rings. The minimum atomic E-state index is -4.32. The highest BCUT2D eigenvalue weighted by Crippen LogP contribution is 2.32. The van der Waals surface area contributed by atoms with Crippen LogP contribution in [0.15, 0.2) is 53.4 Å². The van der Waals surface area contributed by atoms with E-state index in [4.69, 9.17) is 5.73 Å². The van der Waals surface area contributed by atoms with Gasteiger partial charge in [0.2, 0.25) is 5.91 Å². The fourth-order valence-corrected chi connectivity index (χ4v) is 4.93. The van der Waals surface area contributed by atoms with E-state index in [9.17, 15) is 31.2 Å². The minimum absolute atomic E-state index is 0.00902. The van der Waals surface area contributed by atoms with Crippen LogP contribution in [-0.2, 0) is 21.2 Å². The smallest absolute Gasteiger partial charge is 0.352 e. The standard InChI is InChI=1S/C21H22F3N3O4S/c22-21(23,24)9-4-10-26-19(28)15-7-8-18-17(11-15)27(12-14-5-2-1-3-6-14)20(29)16(25)13-32(18,30)31/h1-3,5-8,11,16H,4,9-10,12-13,25H2,(H,26,28)/t16-/m0/s1. The van der Waals surface area contributed by atoms with Crippen molar-refractivity contribution in [3.05, 3.63) is 59.7 Å². The van der Waals surface area contributed by atoms with Crippen LogP contribution in [-0.4, -0.2) is 44.7 Å². The number of nitrogens with one attached hydrogen (secondary N) is 1. The second-order valence-corrected chi connectivity index (χ2v) is 9.46.